The van der Waals surface area contributed by atoms with E-state index in [9.17, 15) is 9.59 Å². The SMILES string of the molecule is CC(=O)OCc1c(-c2ncnc3c2cc(-c2ccc(N4CCN(C)CC4)cc2)n3C)cccc1-n1ccc2cc(C3CC3)ccc2c1=O. The second kappa shape index (κ2) is 12.1. The van der Waals surface area contributed by atoms with Crippen molar-refractivity contribution in [2.24, 2.45) is 7.05 Å². The van der Waals surface area contributed by atoms with E-state index in [2.05, 4.69) is 68.9 Å². The van der Waals surface area contributed by atoms with Crippen molar-refractivity contribution in [1.82, 2.24) is 24.0 Å². The van der Waals surface area contributed by atoms with Gasteiger partial charge in [0.15, 0.2) is 0 Å². The molecule has 1 aliphatic carbocycles. The van der Waals surface area contributed by atoms with Crippen LogP contribution in [0.3, 0.4) is 0 Å². The van der Waals surface area contributed by atoms with Crippen LogP contribution in [0.1, 0.15) is 36.8 Å². The first-order valence-electron chi connectivity index (χ1n) is 16.6. The fourth-order valence-corrected chi connectivity index (χ4v) is 7.01. The second-order valence-electron chi connectivity index (χ2n) is 13.1. The molecule has 0 spiro atoms. The lowest BCUT2D eigenvalue weighted by Gasteiger charge is -2.34. The van der Waals surface area contributed by atoms with Crippen molar-refractivity contribution in [3.8, 4) is 28.2 Å². The first-order chi connectivity index (χ1) is 23.4. The molecule has 1 aliphatic heterocycles. The molecule has 0 amide bonds. The summed E-state index contributed by atoms with van der Waals surface area (Å²) >= 11 is 0. The third kappa shape index (κ3) is 5.44. The normalized spacial score (nSPS) is 15.4. The molecule has 48 heavy (non-hydrogen) atoms. The Morgan fingerprint density at radius 3 is 2.44 bits per heavy atom. The molecule has 9 heteroatoms. The molecule has 1 saturated heterocycles. The number of esters is 1. The number of likely N-dealkylation sites (N-methyl/N-ethyl adjacent to an activating group) is 1. The van der Waals surface area contributed by atoms with Gasteiger partial charge in [0, 0.05) is 73.9 Å². The van der Waals surface area contributed by atoms with Gasteiger partial charge in [0.2, 0.25) is 0 Å². The van der Waals surface area contributed by atoms with Crippen LogP contribution in [0.25, 0.3) is 50.0 Å². The standard InChI is InChI=1S/C39H38N6O3/c1-25(46)48-23-34-32(5-4-6-35(34)45-16-15-29-21-28(26-7-8-26)11-14-31(29)39(45)47)37-33-22-36(43(3)38(33)41-24-40-37)27-9-12-30(13-10-27)44-19-17-42(2)18-20-44/h4-6,9-16,21-22,24,26H,7-8,17-20,23H2,1-3H3. The van der Waals surface area contributed by atoms with Crippen LogP contribution in [0.2, 0.25) is 0 Å². The molecule has 8 rings (SSSR count). The fourth-order valence-electron chi connectivity index (χ4n) is 7.01. The smallest absolute Gasteiger partial charge is 0.302 e. The minimum absolute atomic E-state index is 0.00905. The van der Waals surface area contributed by atoms with Crippen molar-refractivity contribution >= 4 is 33.5 Å². The number of fused-ring (bicyclic) bond motifs is 2. The van der Waals surface area contributed by atoms with Crippen molar-refractivity contribution in [3.05, 3.63) is 107 Å². The minimum atomic E-state index is -0.399. The highest BCUT2D eigenvalue weighted by Crippen LogP contribution is 2.41. The highest BCUT2D eigenvalue weighted by atomic mass is 16.5. The molecular weight excluding hydrogens is 600 g/mol. The molecular formula is C39H38N6O3. The van der Waals surface area contributed by atoms with Gasteiger partial charge < -0.3 is 19.1 Å². The van der Waals surface area contributed by atoms with Gasteiger partial charge in [-0.25, -0.2) is 9.97 Å². The number of nitrogens with zero attached hydrogens (tertiary/aromatic N) is 6. The van der Waals surface area contributed by atoms with E-state index in [1.165, 1.54) is 31.0 Å². The van der Waals surface area contributed by atoms with Gasteiger partial charge in [0.25, 0.3) is 5.56 Å². The lowest BCUT2D eigenvalue weighted by molar-refractivity contribution is -0.142. The van der Waals surface area contributed by atoms with Gasteiger partial charge in [0.1, 0.15) is 18.6 Å². The summed E-state index contributed by atoms with van der Waals surface area (Å²) in [7, 11) is 4.18. The number of benzene rings is 3. The third-order valence-electron chi connectivity index (χ3n) is 9.92. The van der Waals surface area contributed by atoms with Crippen LogP contribution >= 0.6 is 0 Å². The molecule has 6 aromatic rings. The van der Waals surface area contributed by atoms with E-state index < -0.39 is 5.97 Å². The third-order valence-corrected chi connectivity index (χ3v) is 9.92. The second-order valence-corrected chi connectivity index (χ2v) is 13.1. The van der Waals surface area contributed by atoms with Crippen LogP contribution < -0.4 is 10.5 Å². The number of pyridine rings is 1. The van der Waals surface area contributed by atoms with Gasteiger partial charge >= 0.3 is 5.97 Å². The number of rotatable bonds is 7. The molecule has 0 bridgehead atoms. The average Bonchev–Trinajstić information content (AvgIpc) is 3.90. The van der Waals surface area contributed by atoms with Crippen molar-refractivity contribution in [2.45, 2.75) is 32.3 Å². The van der Waals surface area contributed by atoms with E-state index in [0.717, 1.165) is 59.4 Å². The summed E-state index contributed by atoms with van der Waals surface area (Å²) in [5, 5.41) is 2.46. The van der Waals surface area contributed by atoms with Crippen LogP contribution in [0.15, 0.2) is 90.1 Å². The van der Waals surface area contributed by atoms with E-state index in [4.69, 9.17) is 9.72 Å². The Morgan fingerprint density at radius 1 is 0.896 bits per heavy atom. The Hall–Kier alpha value is -5.28. The summed E-state index contributed by atoms with van der Waals surface area (Å²) in [6, 6.07) is 24.8. The molecule has 3 aromatic carbocycles. The summed E-state index contributed by atoms with van der Waals surface area (Å²) in [5.74, 6) is 0.206. The molecule has 2 aliphatic rings. The van der Waals surface area contributed by atoms with Crippen LogP contribution in [0, 0.1) is 0 Å². The predicted octanol–water partition coefficient (Wildman–Crippen LogP) is 6.30. The zero-order valence-corrected chi connectivity index (χ0v) is 27.5. The summed E-state index contributed by atoms with van der Waals surface area (Å²) in [4.78, 5) is 40.2. The van der Waals surface area contributed by atoms with E-state index in [1.54, 1.807) is 10.9 Å². The zero-order valence-electron chi connectivity index (χ0n) is 27.5. The van der Waals surface area contributed by atoms with E-state index in [-0.39, 0.29) is 12.2 Å². The molecule has 0 unspecified atom stereocenters. The highest BCUT2D eigenvalue weighted by Gasteiger charge is 2.24. The van der Waals surface area contributed by atoms with Crippen LogP contribution in [-0.2, 0) is 23.2 Å². The largest absolute Gasteiger partial charge is 0.461 e. The molecule has 242 valence electrons. The monoisotopic (exact) mass is 638 g/mol. The number of ether oxygens (including phenoxy) is 1. The first-order valence-corrected chi connectivity index (χ1v) is 16.6. The van der Waals surface area contributed by atoms with E-state index in [0.29, 0.717) is 28.2 Å². The Morgan fingerprint density at radius 2 is 1.69 bits per heavy atom. The fraction of sp³-hybridized carbons (Fsp3) is 0.282. The van der Waals surface area contributed by atoms with Gasteiger partial charge in [-0.05, 0) is 78.7 Å². The number of anilines is 1. The highest BCUT2D eigenvalue weighted by molar-refractivity contribution is 5.96. The topological polar surface area (TPSA) is 85.5 Å². The molecule has 3 aromatic heterocycles. The number of aromatic nitrogens is 4. The number of piperazine rings is 1. The lowest BCUT2D eigenvalue weighted by Crippen LogP contribution is -2.44. The predicted molar refractivity (Wildman–Crippen MR) is 190 cm³/mol. The van der Waals surface area contributed by atoms with E-state index in [1.807, 2.05) is 43.6 Å². The Kier molecular flexibility index (Phi) is 7.56. The quantitative estimate of drug-likeness (QED) is 0.190. The number of aryl methyl sites for hydroxylation is 1. The molecule has 2 fully saturated rings. The summed E-state index contributed by atoms with van der Waals surface area (Å²) in [5.41, 5.74) is 8.12. The van der Waals surface area contributed by atoms with Crippen LogP contribution in [0.4, 0.5) is 5.69 Å². The van der Waals surface area contributed by atoms with Gasteiger partial charge in [0.05, 0.1) is 17.1 Å². The zero-order chi connectivity index (χ0) is 32.9. The number of hydrogen-bond acceptors (Lipinski definition) is 7. The maximum Gasteiger partial charge on any atom is 0.302 e. The molecule has 0 radical (unpaired) electrons. The number of hydrogen-bond donors (Lipinski definition) is 0. The summed E-state index contributed by atoms with van der Waals surface area (Å²) < 4.78 is 9.34. The lowest BCUT2D eigenvalue weighted by atomic mass is 10.00. The molecule has 4 heterocycles. The number of carbonyl (C=O) groups excluding carboxylic acids is 1. The Labute approximate surface area is 279 Å². The van der Waals surface area contributed by atoms with Gasteiger partial charge in [-0.1, -0.05) is 36.4 Å². The molecule has 0 atom stereocenters. The van der Waals surface area contributed by atoms with Gasteiger partial charge in [-0.2, -0.15) is 0 Å². The molecule has 0 N–H and O–H groups in total. The number of carbonyl (C=O) groups is 1. The molecule has 1 saturated carbocycles. The minimum Gasteiger partial charge on any atom is -0.461 e. The Balaban J connectivity index is 1.22. The first kappa shape index (κ1) is 30.1. The van der Waals surface area contributed by atoms with Crippen LogP contribution in [-0.4, -0.2) is 63.2 Å². The summed E-state index contributed by atoms with van der Waals surface area (Å²) in [6.45, 7) is 5.54. The maximum atomic E-state index is 13.9. The van der Waals surface area contributed by atoms with Crippen molar-refractivity contribution < 1.29 is 9.53 Å². The van der Waals surface area contributed by atoms with Gasteiger partial charge in [-0.15, -0.1) is 0 Å². The molecule has 9 nitrogen and oxygen atoms in total. The Bertz CT molecular complexity index is 2240. The maximum absolute atomic E-state index is 13.9. The van der Waals surface area contributed by atoms with Crippen molar-refractivity contribution in [2.75, 3.05) is 38.1 Å². The average molecular weight is 639 g/mol. The van der Waals surface area contributed by atoms with Gasteiger partial charge in [-0.3, -0.25) is 14.2 Å². The van der Waals surface area contributed by atoms with E-state index >= 15 is 0 Å². The van der Waals surface area contributed by atoms with Crippen molar-refractivity contribution in [3.63, 3.8) is 0 Å². The van der Waals surface area contributed by atoms with Crippen molar-refractivity contribution in [1.29, 1.82) is 0 Å². The van der Waals surface area contributed by atoms with Crippen LogP contribution in [0.5, 0.6) is 0 Å². The summed E-state index contributed by atoms with van der Waals surface area (Å²) in [6.07, 6.45) is 5.80.